The third kappa shape index (κ3) is 2.29. The van der Waals surface area contributed by atoms with Crippen molar-refractivity contribution in [3.63, 3.8) is 0 Å². The fourth-order valence-electron chi connectivity index (χ4n) is 6.66. The van der Waals surface area contributed by atoms with Crippen LogP contribution in [0, 0.1) is 5.92 Å². The second kappa shape index (κ2) is 6.71. The number of hydrogen-bond donors (Lipinski definition) is 0. The van der Waals surface area contributed by atoms with E-state index in [1.54, 1.807) is 0 Å². The Morgan fingerprint density at radius 1 is 0.833 bits per heavy atom. The van der Waals surface area contributed by atoms with Gasteiger partial charge in [0.15, 0.2) is 0 Å². The molecule has 3 heterocycles. The summed E-state index contributed by atoms with van der Waals surface area (Å²) in [5, 5.41) is 3.87. The summed E-state index contributed by atoms with van der Waals surface area (Å²) < 4.78 is 5.15. The lowest BCUT2D eigenvalue weighted by Crippen LogP contribution is -2.23. The largest absolute Gasteiger partial charge is 0.307 e. The van der Waals surface area contributed by atoms with Gasteiger partial charge < -0.3 is 4.57 Å². The van der Waals surface area contributed by atoms with Gasteiger partial charge in [-0.3, -0.25) is 4.98 Å². The average Bonchev–Trinajstić information content (AvgIpc) is 3.47. The van der Waals surface area contributed by atoms with Crippen LogP contribution >= 0.6 is 11.3 Å². The van der Waals surface area contributed by atoms with E-state index >= 15 is 0 Å². The summed E-state index contributed by atoms with van der Waals surface area (Å²) in [4.78, 5) is 4.88. The zero-order chi connectivity index (χ0) is 23.4. The van der Waals surface area contributed by atoms with Gasteiger partial charge in [-0.1, -0.05) is 60.7 Å². The van der Waals surface area contributed by atoms with Crippen molar-refractivity contribution in [3.8, 4) is 0 Å². The fourth-order valence-corrected chi connectivity index (χ4v) is 7.77. The van der Waals surface area contributed by atoms with E-state index in [-0.39, 0.29) is 5.92 Å². The quantitative estimate of drug-likeness (QED) is 0.237. The Bertz CT molecular complexity index is 2060. The molecule has 4 aliphatic rings. The van der Waals surface area contributed by atoms with Crippen molar-refractivity contribution in [2.45, 2.75) is 6.42 Å². The first-order chi connectivity index (χ1) is 17.9. The molecule has 0 spiro atoms. The maximum Gasteiger partial charge on any atom is 0.0963 e. The normalized spacial score (nSPS) is 20.2. The van der Waals surface area contributed by atoms with Crippen LogP contribution in [0.1, 0.15) is 6.42 Å². The van der Waals surface area contributed by atoms with Crippen molar-refractivity contribution in [1.82, 2.24) is 9.55 Å². The third-order valence-electron chi connectivity index (χ3n) is 8.14. The molecule has 0 saturated carbocycles. The molecular weight excluding hydrogens is 456 g/mol. The van der Waals surface area contributed by atoms with Gasteiger partial charge in [0.05, 0.1) is 22.2 Å². The molecule has 5 aromatic rings. The number of pyridine rings is 1. The fraction of sp³-hybridized carbons (Fsp3) is 0.0606. The Balaban J connectivity index is 1.44. The average molecular weight is 477 g/mol. The molecule has 36 heavy (non-hydrogen) atoms. The van der Waals surface area contributed by atoms with E-state index in [1.807, 2.05) is 17.5 Å². The number of fused-ring (bicyclic) bond motifs is 7. The summed E-state index contributed by atoms with van der Waals surface area (Å²) in [5.74, 6) is 0.289. The SMILES string of the molecule is C1=CC2=C3C(=CC=C4C(n5c6cccnc6c6ccc7sc8ccccc8c7c65)=CC=C(C=C2)C43)C1. The lowest BCUT2D eigenvalue weighted by Gasteiger charge is -2.37. The molecule has 0 amide bonds. The summed E-state index contributed by atoms with van der Waals surface area (Å²) in [5.41, 5.74) is 11.8. The second-order valence-corrected chi connectivity index (χ2v) is 11.0. The van der Waals surface area contributed by atoms with Crippen LogP contribution in [0.3, 0.4) is 0 Å². The van der Waals surface area contributed by atoms with E-state index in [0.29, 0.717) is 0 Å². The van der Waals surface area contributed by atoms with Gasteiger partial charge in [0, 0.05) is 37.7 Å². The minimum absolute atomic E-state index is 0.289. The maximum atomic E-state index is 4.88. The second-order valence-electron chi connectivity index (χ2n) is 9.91. The molecule has 9 rings (SSSR count). The van der Waals surface area contributed by atoms with Gasteiger partial charge in [-0.2, -0.15) is 0 Å². The molecule has 0 bridgehead atoms. The Morgan fingerprint density at radius 3 is 2.81 bits per heavy atom. The van der Waals surface area contributed by atoms with Crippen LogP contribution in [0.5, 0.6) is 0 Å². The lowest BCUT2D eigenvalue weighted by atomic mass is 9.68. The first-order valence-electron chi connectivity index (χ1n) is 12.5. The summed E-state index contributed by atoms with van der Waals surface area (Å²) in [6, 6.07) is 17.6. The minimum atomic E-state index is 0.289. The predicted molar refractivity (Wildman–Crippen MR) is 152 cm³/mol. The molecule has 0 radical (unpaired) electrons. The monoisotopic (exact) mass is 476 g/mol. The summed E-state index contributed by atoms with van der Waals surface area (Å²) in [7, 11) is 0. The number of benzene rings is 2. The molecular formula is C33H20N2S. The van der Waals surface area contributed by atoms with Crippen LogP contribution in [-0.2, 0) is 0 Å². The Morgan fingerprint density at radius 2 is 1.81 bits per heavy atom. The molecule has 1 atom stereocenters. The van der Waals surface area contributed by atoms with E-state index in [0.717, 1.165) is 17.5 Å². The molecule has 3 heteroatoms. The van der Waals surface area contributed by atoms with Crippen LogP contribution < -0.4 is 0 Å². The number of aromatic nitrogens is 2. The highest BCUT2D eigenvalue weighted by Gasteiger charge is 2.36. The number of thiophene rings is 1. The molecule has 4 aliphatic carbocycles. The molecule has 1 unspecified atom stereocenters. The van der Waals surface area contributed by atoms with Crippen LogP contribution in [0.4, 0.5) is 0 Å². The minimum Gasteiger partial charge on any atom is -0.307 e. The van der Waals surface area contributed by atoms with E-state index in [1.165, 1.54) is 64.6 Å². The van der Waals surface area contributed by atoms with E-state index in [4.69, 9.17) is 4.98 Å². The van der Waals surface area contributed by atoms with Crippen LogP contribution in [0.15, 0.2) is 131 Å². The van der Waals surface area contributed by atoms with Gasteiger partial charge in [-0.05, 0) is 70.7 Å². The molecule has 0 N–H and O–H groups in total. The first kappa shape index (κ1) is 19.0. The van der Waals surface area contributed by atoms with Crippen molar-refractivity contribution < 1.29 is 0 Å². The summed E-state index contributed by atoms with van der Waals surface area (Å²) >= 11 is 1.88. The lowest BCUT2D eigenvalue weighted by molar-refractivity contribution is 0.826. The standard InChI is InChI=1S/C33H20N2S/c1-2-9-27-23(7-1)31-28(36-27)17-15-24-32-26(8-4-18-34-32)35(33(24)31)25-16-13-21-11-10-19-5-3-6-20-12-14-22(25)30(21)29(19)20/h1-5,7-18,30H,6H2. The van der Waals surface area contributed by atoms with Gasteiger partial charge >= 0.3 is 0 Å². The van der Waals surface area contributed by atoms with Crippen molar-refractivity contribution in [3.05, 3.63) is 131 Å². The van der Waals surface area contributed by atoms with E-state index in [9.17, 15) is 0 Å². The Labute approximate surface area is 211 Å². The van der Waals surface area contributed by atoms with Crippen LogP contribution in [-0.4, -0.2) is 9.55 Å². The van der Waals surface area contributed by atoms with E-state index < -0.39 is 0 Å². The highest BCUT2D eigenvalue weighted by atomic mass is 32.1. The molecule has 2 nitrogen and oxygen atoms in total. The zero-order valence-corrected chi connectivity index (χ0v) is 20.2. The van der Waals surface area contributed by atoms with Gasteiger partial charge in [0.1, 0.15) is 0 Å². The smallest absolute Gasteiger partial charge is 0.0963 e. The topological polar surface area (TPSA) is 17.8 Å². The van der Waals surface area contributed by atoms with Crippen molar-refractivity contribution in [2.24, 2.45) is 5.92 Å². The third-order valence-corrected chi connectivity index (χ3v) is 9.27. The van der Waals surface area contributed by atoms with Crippen LogP contribution in [0.2, 0.25) is 0 Å². The van der Waals surface area contributed by atoms with Crippen LogP contribution in [0.25, 0.3) is 47.8 Å². The molecule has 168 valence electrons. The van der Waals surface area contributed by atoms with E-state index in [2.05, 4.69) is 102 Å². The number of allylic oxidation sites excluding steroid dienone is 14. The Hall–Kier alpha value is -4.21. The van der Waals surface area contributed by atoms with Crippen molar-refractivity contribution in [1.29, 1.82) is 0 Å². The molecule has 0 saturated heterocycles. The molecule has 0 aliphatic heterocycles. The number of rotatable bonds is 1. The van der Waals surface area contributed by atoms with Crippen molar-refractivity contribution in [2.75, 3.05) is 0 Å². The van der Waals surface area contributed by atoms with Gasteiger partial charge in [0.2, 0.25) is 0 Å². The van der Waals surface area contributed by atoms with Crippen molar-refractivity contribution >= 4 is 59.1 Å². The summed E-state index contributed by atoms with van der Waals surface area (Å²) in [6.07, 6.45) is 21.5. The van der Waals surface area contributed by atoms with Gasteiger partial charge in [-0.25, -0.2) is 0 Å². The highest BCUT2D eigenvalue weighted by Crippen LogP contribution is 2.51. The predicted octanol–water partition coefficient (Wildman–Crippen LogP) is 8.65. The molecule has 0 fully saturated rings. The first-order valence-corrected chi connectivity index (χ1v) is 13.3. The van der Waals surface area contributed by atoms with Gasteiger partial charge in [0.25, 0.3) is 0 Å². The van der Waals surface area contributed by atoms with Gasteiger partial charge in [-0.15, -0.1) is 11.3 Å². The number of hydrogen-bond acceptors (Lipinski definition) is 2. The summed E-state index contributed by atoms with van der Waals surface area (Å²) in [6.45, 7) is 0. The number of nitrogens with zero attached hydrogens (tertiary/aromatic N) is 2. The highest BCUT2D eigenvalue weighted by molar-refractivity contribution is 7.26. The molecule has 3 aromatic heterocycles. The Kier molecular flexibility index (Phi) is 3.55. The molecule has 2 aromatic carbocycles. The zero-order valence-electron chi connectivity index (χ0n) is 19.4. The maximum absolute atomic E-state index is 4.88.